The summed E-state index contributed by atoms with van der Waals surface area (Å²) < 4.78 is 0. The SMILES string of the molecule is OCCCNCCC(O)NCCCO. The minimum absolute atomic E-state index is 0.147. The Kier molecular flexibility index (Phi) is 10.7. The second-order valence-electron chi connectivity index (χ2n) is 3.16. The molecule has 0 aromatic carbocycles. The van der Waals surface area contributed by atoms with Gasteiger partial charge in [-0.2, -0.15) is 0 Å². The summed E-state index contributed by atoms with van der Waals surface area (Å²) in [6.45, 7) is 2.49. The van der Waals surface area contributed by atoms with E-state index in [0.717, 1.165) is 19.5 Å². The molecule has 5 N–H and O–H groups in total. The zero-order chi connectivity index (χ0) is 10.6. The third-order valence-electron chi connectivity index (χ3n) is 1.82. The van der Waals surface area contributed by atoms with Crippen molar-refractivity contribution in [2.24, 2.45) is 0 Å². The fourth-order valence-electron chi connectivity index (χ4n) is 1.02. The van der Waals surface area contributed by atoms with Gasteiger partial charge in [-0.3, -0.25) is 5.32 Å². The average Bonchev–Trinajstić information content (AvgIpc) is 2.18. The van der Waals surface area contributed by atoms with Gasteiger partial charge in [0.05, 0.1) is 0 Å². The lowest BCUT2D eigenvalue weighted by molar-refractivity contribution is 0.124. The van der Waals surface area contributed by atoms with Gasteiger partial charge in [0.25, 0.3) is 0 Å². The highest BCUT2D eigenvalue weighted by Crippen LogP contribution is 1.86. The van der Waals surface area contributed by atoms with Crippen molar-refractivity contribution in [2.75, 3.05) is 32.8 Å². The van der Waals surface area contributed by atoms with Crippen LogP contribution in [0.1, 0.15) is 19.3 Å². The van der Waals surface area contributed by atoms with Crippen LogP contribution in [0.25, 0.3) is 0 Å². The number of hydrogen-bond donors (Lipinski definition) is 5. The van der Waals surface area contributed by atoms with E-state index >= 15 is 0 Å². The molecular weight excluding hydrogens is 184 g/mol. The van der Waals surface area contributed by atoms with Gasteiger partial charge in [0.1, 0.15) is 6.23 Å². The normalized spacial score (nSPS) is 13.1. The monoisotopic (exact) mass is 206 g/mol. The molecule has 0 saturated heterocycles. The van der Waals surface area contributed by atoms with E-state index in [-0.39, 0.29) is 13.2 Å². The molecule has 1 unspecified atom stereocenters. The lowest BCUT2D eigenvalue weighted by Gasteiger charge is -2.12. The molecule has 0 amide bonds. The first-order chi connectivity index (χ1) is 6.81. The molecule has 0 heterocycles. The predicted molar refractivity (Wildman–Crippen MR) is 54.9 cm³/mol. The summed E-state index contributed by atoms with van der Waals surface area (Å²) in [5, 5.41) is 32.3. The van der Waals surface area contributed by atoms with Gasteiger partial charge in [-0.25, -0.2) is 0 Å². The van der Waals surface area contributed by atoms with Crippen LogP contribution in [0, 0.1) is 0 Å². The number of nitrogens with one attached hydrogen (secondary N) is 2. The van der Waals surface area contributed by atoms with Crippen LogP contribution < -0.4 is 10.6 Å². The Hall–Kier alpha value is -0.200. The summed E-state index contributed by atoms with van der Waals surface area (Å²) in [6, 6.07) is 0. The second-order valence-corrected chi connectivity index (χ2v) is 3.16. The third kappa shape index (κ3) is 9.88. The molecule has 1 atom stereocenters. The van der Waals surface area contributed by atoms with E-state index in [4.69, 9.17) is 10.2 Å². The van der Waals surface area contributed by atoms with E-state index in [1.54, 1.807) is 0 Å². The van der Waals surface area contributed by atoms with Crippen LogP contribution in [0.3, 0.4) is 0 Å². The van der Waals surface area contributed by atoms with Crippen LogP contribution in [0.2, 0.25) is 0 Å². The van der Waals surface area contributed by atoms with Crippen LogP contribution in [0.4, 0.5) is 0 Å². The Morgan fingerprint density at radius 3 is 2.21 bits per heavy atom. The number of aliphatic hydroxyl groups is 3. The Morgan fingerprint density at radius 1 is 0.929 bits per heavy atom. The number of hydrogen-bond acceptors (Lipinski definition) is 5. The van der Waals surface area contributed by atoms with Gasteiger partial charge in [0.2, 0.25) is 0 Å². The molecule has 0 bridgehead atoms. The largest absolute Gasteiger partial charge is 0.396 e. The van der Waals surface area contributed by atoms with Gasteiger partial charge >= 0.3 is 0 Å². The number of aliphatic hydroxyl groups excluding tert-OH is 3. The smallest absolute Gasteiger partial charge is 0.106 e. The maximum Gasteiger partial charge on any atom is 0.106 e. The fraction of sp³-hybridized carbons (Fsp3) is 1.00. The Labute approximate surface area is 85.1 Å². The van der Waals surface area contributed by atoms with Gasteiger partial charge in [-0.05, 0) is 38.9 Å². The highest BCUT2D eigenvalue weighted by molar-refractivity contribution is 4.56. The van der Waals surface area contributed by atoms with E-state index < -0.39 is 6.23 Å². The molecule has 0 saturated carbocycles. The van der Waals surface area contributed by atoms with Crippen LogP contribution in [-0.4, -0.2) is 54.4 Å². The first-order valence-electron chi connectivity index (χ1n) is 5.15. The maximum atomic E-state index is 9.35. The third-order valence-corrected chi connectivity index (χ3v) is 1.82. The molecule has 0 rings (SSSR count). The molecule has 14 heavy (non-hydrogen) atoms. The minimum atomic E-state index is -0.511. The maximum absolute atomic E-state index is 9.35. The molecule has 0 aromatic heterocycles. The first kappa shape index (κ1) is 13.8. The van der Waals surface area contributed by atoms with Gasteiger partial charge < -0.3 is 20.6 Å². The summed E-state index contributed by atoms with van der Waals surface area (Å²) in [7, 11) is 0. The summed E-state index contributed by atoms with van der Waals surface area (Å²) in [6.07, 6.45) is 1.53. The molecule has 0 radical (unpaired) electrons. The van der Waals surface area contributed by atoms with Crippen LogP contribution in [0.5, 0.6) is 0 Å². The Morgan fingerprint density at radius 2 is 1.57 bits per heavy atom. The topological polar surface area (TPSA) is 84.8 Å². The van der Waals surface area contributed by atoms with Crippen LogP contribution >= 0.6 is 0 Å². The van der Waals surface area contributed by atoms with E-state index in [1.807, 2.05) is 0 Å². The second kappa shape index (κ2) is 10.9. The van der Waals surface area contributed by atoms with Gasteiger partial charge in [0.15, 0.2) is 0 Å². The van der Waals surface area contributed by atoms with E-state index in [2.05, 4.69) is 10.6 Å². The predicted octanol–water partition coefficient (Wildman–Crippen LogP) is -1.36. The lowest BCUT2D eigenvalue weighted by atomic mass is 10.3. The molecule has 86 valence electrons. The van der Waals surface area contributed by atoms with Crippen molar-refractivity contribution in [2.45, 2.75) is 25.5 Å². The van der Waals surface area contributed by atoms with Crippen LogP contribution in [0.15, 0.2) is 0 Å². The Bertz CT molecular complexity index is 114. The van der Waals surface area contributed by atoms with E-state index in [1.165, 1.54) is 0 Å². The number of rotatable bonds is 10. The van der Waals surface area contributed by atoms with Gasteiger partial charge in [0, 0.05) is 13.2 Å². The van der Waals surface area contributed by atoms with Crippen molar-refractivity contribution in [1.82, 2.24) is 10.6 Å². The highest BCUT2D eigenvalue weighted by Gasteiger charge is 2.00. The van der Waals surface area contributed by atoms with E-state index in [9.17, 15) is 5.11 Å². The van der Waals surface area contributed by atoms with Gasteiger partial charge in [-0.15, -0.1) is 0 Å². The van der Waals surface area contributed by atoms with Crippen molar-refractivity contribution >= 4 is 0 Å². The molecule has 5 heteroatoms. The van der Waals surface area contributed by atoms with Crippen molar-refractivity contribution in [3.05, 3.63) is 0 Å². The minimum Gasteiger partial charge on any atom is -0.396 e. The summed E-state index contributed by atoms with van der Waals surface area (Å²) in [4.78, 5) is 0. The van der Waals surface area contributed by atoms with Gasteiger partial charge in [-0.1, -0.05) is 0 Å². The molecule has 0 fully saturated rings. The quantitative estimate of drug-likeness (QED) is 0.225. The molecule has 0 aliphatic carbocycles. The van der Waals surface area contributed by atoms with Crippen molar-refractivity contribution in [3.63, 3.8) is 0 Å². The zero-order valence-electron chi connectivity index (χ0n) is 8.58. The van der Waals surface area contributed by atoms with Crippen molar-refractivity contribution in [3.8, 4) is 0 Å². The molecule has 5 nitrogen and oxygen atoms in total. The standard InChI is InChI=1S/C9H22N2O3/c12-7-1-4-10-6-3-9(14)11-5-2-8-13/h9-14H,1-8H2. The van der Waals surface area contributed by atoms with Crippen LogP contribution in [-0.2, 0) is 0 Å². The first-order valence-corrected chi connectivity index (χ1v) is 5.15. The van der Waals surface area contributed by atoms with Crippen molar-refractivity contribution < 1.29 is 15.3 Å². The zero-order valence-corrected chi connectivity index (χ0v) is 8.58. The van der Waals surface area contributed by atoms with E-state index in [0.29, 0.717) is 19.4 Å². The average molecular weight is 206 g/mol. The molecule has 0 aliphatic heterocycles. The molecular formula is C9H22N2O3. The van der Waals surface area contributed by atoms with Crippen molar-refractivity contribution in [1.29, 1.82) is 0 Å². The lowest BCUT2D eigenvalue weighted by Crippen LogP contribution is -2.33. The summed E-state index contributed by atoms with van der Waals surface area (Å²) in [5.74, 6) is 0. The fourth-order valence-corrected chi connectivity index (χ4v) is 1.02. The molecule has 0 aromatic rings. The molecule has 0 spiro atoms. The molecule has 0 aliphatic rings. The summed E-state index contributed by atoms with van der Waals surface area (Å²) >= 11 is 0. The highest BCUT2D eigenvalue weighted by atomic mass is 16.3. The summed E-state index contributed by atoms with van der Waals surface area (Å²) in [5.41, 5.74) is 0. The Balaban J connectivity index is 3.06.